The molecule has 0 aliphatic rings. The van der Waals surface area contributed by atoms with E-state index in [1.807, 2.05) is 42.5 Å². The zero-order valence-corrected chi connectivity index (χ0v) is 20.0. The van der Waals surface area contributed by atoms with Crippen molar-refractivity contribution in [3.63, 3.8) is 0 Å². The van der Waals surface area contributed by atoms with Crippen LogP contribution in [0.25, 0.3) is 11.1 Å². The number of hydrogen-bond donors (Lipinski definition) is 0. The second-order valence-corrected chi connectivity index (χ2v) is 5.23. The van der Waals surface area contributed by atoms with Gasteiger partial charge in [-0.15, -0.1) is 0 Å². The van der Waals surface area contributed by atoms with Crippen LogP contribution in [0, 0.1) is 35.6 Å². The summed E-state index contributed by atoms with van der Waals surface area (Å²) in [5, 5.41) is 27.9. The Kier molecular flexibility index (Phi) is 20.2. The number of carboxylic acids is 3. The predicted molar refractivity (Wildman–Crippen MR) is 93.9 cm³/mol. The SMILES string of the molecule is CC(=O)[O-].CC(=O)[O-].CC(=O)[O-].Clc1cccc(-c2ccccc2)c1Cl.[La+3]. The van der Waals surface area contributed by atoms with Gasteiger partial charge in [0.15, 0.2) is 0 Å². The van der Waals surface area contributed by atoms with Crippen LogP contribution < -0.4 is 15.3 Å². The average molecular weight is 539 g/mol. The molecule has 0 bridgehead atoms. The Morgan fingerprint density at radius 3 is 1.44 bits per heavy atom. The number of hydrogen-bond acceptors (Lipinski definition) is 6. The van der Waals surface area contributed by atoms with Crippen LogP contribution in [-0.2, 0) is 14.4 Å². The summed E-state index contributed by atoms with van der Waals surface area (Å²) in [5.41, 5.74) is 2.06. The van der Waals surface area contributed by atoms with Gasteiger partial charge in [0.05, 0.1) is 10.0 Å². The van der Waals surface area contributed by atoms with Crippen LogP contribution in [0.3, 0.4) is 0 Å². The first-order valence-electron chi connectivity index (χ1n) is 7.01. The maximum Gasteiger partial charge on any atom is 3.00 e. The zero-order chi connectivity index (χ0) is 20.7. The zero-order valence-electron chi connectivity index (χ0n) is 14.9. The van der Waals surface area contributed by atoms with Crippen molar-refractivity contribution in [1.29, 1.82) is 0 Å². The maximum absolute atomic E-state index is 8.89. The second kappa shape index (κ2) is 18.0. The Morgan fingerprint density at radius 2 is 1.07 bits per heavy atom. The van der Waals surface area contributed by atoms with E-state index in [1.165, 1.54) is 0 Å². The summed E-state index contributed by atoms with van der Waals surface area (Å²) in [6.45, 7) is 2.92. The molecule has 0 saturated heterocycles. The van der Waals surface area contributed by atoms with Crippen molar-refractivity contribution >= 4 is 41.1 Å². The van der Waals surface area contributed by atoms with Gasteiger partial charge in [0.2, 0.25) is 0 Å². The summed E-state index contributed by atoms with van der Waals surface area (Å²) in [6.07, 6.45) is 0. The predicted octanol–water partition coefficient (Wildman–Crippen LogP) is 0.929. The third-order valence-electron chi connectivity index (χ3n) is 2.04. The molecule has 0 fully saturated rings. The van der Waals surface area contributed by atoms with Crippen molar-refractivity contribution in [1.82, 2.24) is 0 Å². The number of rotatable bonds is 1. The summed E-state index contributed by atoms with van der Waals surface area (Å²) in [5.74, 6) is -3.25. The number of aliphatic carboxylic acids is 3. The van der Waals surface area contributed by atoms with Crippen LogP contribution in [0.5, 0.6) is 0 Å². The summed E-state index contributed by atoms with van der Waals surface area (Å²) >= 11 is 12.0. The van der Waals surface area contributed by atoms with Gasteiger partial charge in [-0.05, 0) is 32.4 Å². The van der Waals surface area contributed by atoms with Gasteiger partial charge in [0, 0.05) is 23.5 Å². The van der Waals surface area contributed by atoms with Gasteiger partial charge in [-0.3, -0.25) is 0 Å². The molecule has 9 heteroatoms. The third kappa shape index (κ3) is 20.8. The molecule has 2 rings (SSSR count). The van der Waals surface area contributed by atoms with Gasteiger partial charge in [-0.2, -0.15) is 0 Å². The molecular weight excluding hydrogens is 522 g/mol. The Balaban J connectivity index is -0.000000371. The first kappa shape index (κ1) is 30.4. The molecular formula is C18H17Cl2LaO6. The van der Waals surface area contributed by atoms with Crippen molar-refractivity contribution in [2.24, 2.45) is 0 Å². The number of carboxylic acid groups (broad SMARTS) is 3. The molecule has 0 radical (unpaired) electrons. The van der Waals surface area contributed by atoms with Crippen LogP contribution in [0.2, 0.25) is 10.0 Å². The van der Waals surface area contributed by atoms with E-state index in [4.69, 9.17) is 52.9 Å². The minimum atomic E-state index is -1.08. The van der Waals surface area contributed by atoms with Crippen LogP contribution in [-0.4, -0.2) is 17.9 Å². The molecule has 6 nitrogen and oxygen atoms in total. The van der Waals surface area contributed by atoms with Crippen LogP contribution in [0.4, 0.5) is 0 Å². The number of carbonyl (C=O) groups is 3. The van der Waals surface area contributed by atoms with Crippen molar-refractivity contribution in [3.05, 3.63) is 58.6 Å². The average Bonchev–Trinajstić information content (AvgIpc) is 2.49. The van der Waals surface area contributed by atoms with Gasteiger partial charge in [0.1, 0.15) is 0 Å². The minimum Gasteiger partial charge on any atom is -0.550 e. The molecule has 0 aliphatic heterocycles. The van der Waals surface area contributed by atoms with Crippen LogP contribution in [0.15, 0.2) is 48.5 Å². The van der Waals surface area contributed by atoms with E-state index < -0.39 is 17.9 Å². The third-order valence-corrected chi connectivity index (χ3v) is 2.86. The molecule has 0 aromatic heterocycles. The monoisotopic (exact) mass is 538 g/mol. The van der Waals surface area contributed by atoms with Gasteiger partial charge in [0.25, 0.3) is 0 Å². The maximum atomic E-state index is 8.89. The quantitative estimate of drug-likeness (QED) is 0.532. The minimum absolute atomic E-state index is 0. The van der Waals surface area contributed by atoms with Gasteiger partial charge < -0.3 is 29.7 Å². The normalized spacial score (nSPS) is 8.04. The first-order valence-corrected chi connectivity index (χ1v) is 7.76. The van der Waals surface area contributed by atoms with E-state index in [-0.39, 0.29) is 35.6 Å². The van der Waals surface area contributed by atoms with Crippen LogP contribution >= 0.6 is 23.2 Å². The standard InChI is InChI=1S/C12H8Cl2.3C2H4O2.La/c13-11-8-4-7-10(12(11)14)9-5-2-1-3-6-9;3*1-2(3)4;/h1-8H;3*1H3,(H,3,4);/q;;;;+3/p-3. The molecule has 142 valence electrons. The number of benzene rings is 2. The first-order chi connectivity index (χ1) is 12.0. The Morgan fingerprint density at radius 1 is 0.704 bits per heavy atom. The molecule has 0 amide bonds. The largest absolute Gasteiger partial charge is 3.00 e. The van der Waals surface area contributed by atoms with Gasteiger partial charge in [-0.1, -0.05) is 65.7 Å². The molecule has 0 aliphatic carbocycles. The molecule has 2 aromatic carbocycles. The second-order valence-electron chi connectivity index (χ2n) is 4.44. The van der Waals surface area contributed by atoms with Crippen molar-refractivity contribution in [3.8, 4) is 11.1 Å². The van der Waals surface area contributed by atoms with Gasteiger partial charge in [-0.25, -0.2) is 0 Å². The van der Waals surface area contributed by atoms with Crippen molar-refractivity contribution in [2.45, 2.75) is 20.8 Å². The smallest absolute Gasteiger partial charge is 0.550 e. The topological polar surface area (TPSA) is 120 Å². The summed E-state index contributed by atoms with van der Waals surface area (Å²) < 4.78 is 0. The van der Waals surface area contributed by atoms with E-state index in [2.05, 4.69) is 0 Å². The molecule has 0 heterocycles. The molecule has 0 spiro atoms. The fraction of sp³-hybridized carbons (Fsp3) is 0.167. The van der Waals surface area contributed by atoms with E-state index in [0.717, 1.165) is 31.9 Å². The molecule has 0 saturated carbocycles. The van der Waals surface area contributed by atoms with E-state index >= 15 is 0 Å². The Hall–Kier alpha value is -1.38. The summed E-state index contributed by atoms with van der Waals surface area (Å²) in [6, 6.07) is 15.6. The van der Waals surface area contributed by atoms with Crippen molar-refractivity contribution < 1.29 is 65.3 Å². The summed E-state index contributed by atoms with van der Waals surface area (Å²) in [7, 11) is 0. The Labute approximate surface area is 195 Å². The Bertz CT molecular complexity index is 668. The fourth-order valence-electron chi connectivity index (χ4n) is 1.34. The number of carbonyl (C=O) groups excluding carboxylic acids is 3. The van der Waals surface area contributed by atoms with E-state index in [0.29, 0.717) is 10.0 Å². The number of halogens is 2. The van der Waals surface area contributed by atoms with Gasteiger partial charge >= 0.3 is 35.6 Å². The molecule has 0 unspecified atom stereocenters. The summed E-state index contributed by atoms with van der Waals surface area (Å²) in [4.78, 5) is 26.7. The fourth-order valence-corrected chi connectivity index (χ4v) is 1.75. The molecule has 0 N–H and O–H groups in total. The molecule has 0 atom stereocenters. The van der Waals surface area contributed by atoms with E-state index in [1.54, 1.807) is 6.07 Å². The molecule has 27 heavy (non-hydrogen) atoms. The van der Waals surface area contributed by atoms with Crippen molar-refractivity contribution in [2.75, 3.05) is 0 Å². The molecule has 2 aromatic rings. The van der Waals surface area contributed by atoms with Crippen LogP contribution in [0.1, 0.15) is 20.8 Å². The van der Waals surface area contributed by atoms with E-state index in [9.17, 15) is 0 Å².